The van der Waals surface area contributed by atoms with Gasteiger partial charge in [-0.1, -0.05) is 51.7 Å². The van der Waals surface area contributed by atoms with Crippen molar-refractivity contribution in [1.29, 1.82) is 0 Å². The van der Waals surface area contributed by atoms with Crippen molar-refractivity contribution < 1.29 is 0 Å². The lowest BCUT2D eigenvalue weighted by Gasteiger charge is -2.36. The maximum Gasteiger partial charge on any atom is -0.00838 e. The molecule has 0 aromatic heterocycles. The molecule has 0 N–H and O–H groups in total. The summed E-state index contributed by atoms with van der Waals surface area (Å²) < 4.78 is 0. The summed E-state index contributed by atoms with van der Waals surface area (Å²) in [5.74, 6) is 0. The van der Waals surface area contributed by atoms with Crippen LogP contribution < -0.4 is 0 Å². The minimum absolute atomic E-state index is 0.645. The van der Waals surface area contributed by atoms with Crippen LogP contribution >= 0.6 is 0 Å². The monoisotopic (exact) mass is 166 g/mol. The molecule has 12 heavy (non-hydrogen) atoms. The third-order valence-electron chi connectivity index (χ3n) is 3.05. The summed E-state index contributed by atoms with van der Waals surface area (Å²) in [5, 5.41) is 0. The Bertz CT molecular complexity index is 136. The van der Waals surface area contributed by atoms with Crippen LogP contribution in [-0.4, -0.2) is 0 Å². The normalized spacial score (nSPS) is 19.2. The van der Waals surface area contributed by atoms with E-state index in [1.165, 1.54) is 44.9 Å². The van der Waals surface area contributed by atoms with Gasteiger partial charge in [-0.2, -0.15) is 0 Å². The van der Waals surface area contributed by atoms with Crippen molar-refractivity contribution in [3.05, 3.63) is 12.2 Å². The van der Waals surface area contributed by atoms with Crippen LogP contribution in [0.4, 0.5) is 0 Å². The van der Waals surface area contributed by atoms with Crippen LogP contribution in [0.1, 0.15) is 58.8 Å². The highest BCUT2D eigenvalue weighted by molar-refractivity contribution is 5.12. The molecule has 0 atom stereocenters. The van der Waals surface area contributed by atoms with Gasteiger partial charge in [0.1, 0.15) is 0 Å². The van der Waals surface area contributed by atoms with Crippen molar-refractivity contribution >= 4 is 0 Å². The smallest absolute Gasteiger partial charge is 0.00838 e. The largest absolute Gasteiger partial charge is 0.0871 e. The maximum atomic E-state index is 2.46. The Morgan fingerprint density at radius 1 is 1.08 bits per heavy atom. The molecule has 0 radical (unpaired) electrons. The van der Waals surface area contributed by atoms with Gasteiger partial charge in [-0.3, -0.25) is 0 Å². The molecule has 0 fully saturated rings. The molecule has 0 aromatic rings. The Morgan fingerprint density at radius 2 is 1.58 bits per heavy atom. The molecule has 0 aromatic carbocycles. The molecule has 0 heterocycles. The lowest BCUT2D eigenvalue weighted by atomic mass is 9.69. The highest BCUT2D eigenvalue weighted by Crippen LogP contribution is 2.42. The summed E-state index contributed by atoms with van der Waals surface area (Å²) >= 11 is 0. The van der Waals surface area contributed by atoms with Gasteiger partial charge in [0.15, 0.2) is 0 Å². The van der Waals surface area contributed by atoms with Crippen LogP contribution in [0.3, 0.4) is 0 Å². The number of rotatable bonds is 6. The zero-order valence-electron chi connectivity index (χ0n) is 8.60. The number of allylic oxidation sites excluding steroid dienone is 2. The van der Waals surface area contributed by atoms with Gasteiger partial charge in [0.2, 0.25) is 0 Å². The van der Waals surface area contributed by atoms with Gasteiger partial charge in [-0.05, 0) is 24.7 Å². The van der Waals surface area contributed by atoms with Crippen molar-refractivity contribution in [2.24, 2.45) is 5.41 Å². The summed E-state index contributed by atoms with van der Waals surface area (Å²) in [4.78, 5) is 0. The first-order valence-corrected chi connectivity index (χ1v) is 5.51. The molecule has 0 bridgehead atoms. The number of hydrogen-bond acceptors (Lipinski definition) is 0. The van der Waals surface area contributed by atoms with E-state index in [1.807, 2.05) is 0 Å². The summed E-state index contributed by atoms with van der Waals surface area (Å²) in [7, 11) is 0. The first-order valence-electron chi connectivity index (χ1n) is 5.51. The Kier molecular flexibility index (Phi) is 3.84. The second-order valence-electron chi connectivity index (χ2n) is 4.18. The van der Waals surface area contributed by atoms with Crippen molar-refractivity contribution in [2.75, 3.05) is 0 Å². The highest BCUT2D eigenvalue weighted by Gasteiger charge is 2.29. The first kappa shape index (κ1) is 9.83. The van der Waals surface area contributed by atoms with E-state index in [4.69, 9.17) is 0 Å². The Labute approximate surface area is 77.1 Å². The van der Waals surface area contributed by atoms with E-state index < -0.39 is 0 Å². The van der Waals surface area contributed by atoms with Gasteiger partial charge in [-0.25, -0.2) is 0 Å². The topological polar surface area (TPSA) is 0 Å². The fourth-order valence-corrected chi connectivity index (χ4v) is 2.00. The Balaban J connectivity index is 2.25. The Morgan fingerprint density at radius 3 is 1.83 bits per heavy atom. The average Bonchev–Trinajstić information content (AvgIpc) is 2.02. The summed E-state index contributed by atoms with van der Waals surface area (Å²) in [5.41, 5.74) is 0.645. The van der Waals surface area contributed by atoms with Crippen LogP contribution in [0.2, 0.25) is 0 Å². The molecule has 70 valence electrons. The van der Waals surface area contributed by atoms with Crippen molar-refractivity contribution in [3.63, 3.8) is 0 Å². The number of hydrogen-bond donors (Lipinski definition) is 0. The van der Waals surface area contributed by atoms with Gasteiger partial charge in [0, 0.05) is 0 Å². The third kappa shape index (κ3) is 2.36. The van der Waals surface area contributed by atoms with Crippen LogP contribution in [-0.2, 0) is 0 Å². The standard InChI is InChI=1S/C12H22/c1-3-5-8-12(9-6-4-2)10-7-11-12/h7,10H,3-6,8-9,11H2,1-2H3. The first-order chi connectivity index (χ1) is 5.83. The van der Waals surface area contributed by atoms with E-state index in [1.54, 1.807) is 0 Å². The zero-order chi connectivity index (χ0) is 8.86. The quantitative estimate of drug-likeness (QED) is 0.516. The molecule has 1 rings (SSSR count). The van der Waals surface area contributed by atoms with Gasteiger partial charge in [-0.15, -0.1) is 0 Å². The van der Waals surface area contributed by atoms with Gasteiger partial charge in [0.05, 0.1) is 0 Å². The van der Waals surface area contributed by atoms with Crippen LogP contribution in [0.25, 0.3) is 0 Å². The van der Waals surface area contributed by atoms with Gasteiger partial charge < -0.3 is 0 Å². The van der Waals surface area contributed by atoms with Gasteiger partial charge in [0.25, 0.3) is 0 Å². The molecule has 1 aliphatic rings. The van der Waals surface area contributed by atoms with E-state index >= 15 is 0 Å². The summed E-state index contributed by atoms with van der Waals surface area (Å²) in [6.45, 7) is 4.58. The molecule has 0 spiro atoms. The van der Waals surface area contributed by atoms with E-state index in [0.717, 1.165) is 0 Å². The molecule has 0 amide bonds. The van der Waals surface area contributed by atoms with Crippen LogP contribution in [0.15, 0.2) is 12.2 Å². The number of unbranched alkanes of at least 4 members (excludes halogenated alkanes) is 2. The zero-order valence-corrected chi connectivity index (χ0v) is 8.60. The molecule has 0 nitrogen and oxygen atoms in total. The Hall–Kier alpha value is -0.260. The predicted octanol–water partition coefficient (Wildman–Crippen LogP) is 4.31. The lowest BCUT2D eigenvalue weighted by molar-refractivity contribution is 0.277. The van der Waals surface area contributed by atoms with Crippen molar-refractivity contribution in [2.45, 2.75) is 58.8 Å². The minimum Gasteiger partial charge on any atom is -0.0871 e. The minimum atomic E-state index is 0.645. The average molecular weight is 166 g/mol. The van der Waals surface area contributed by atoms with Gasteiger partial charge >= 0.3 is 0 Å². The fraction of sp³-hybridized carbons (Fsp3) is 0.833. The van der Waals surface area contributed by atoms with Crippen LogP contribution in [0, 0.1) is 5.41 Å². The van der Waals surface area contributed by atoms with Crippen molar-refractivity contribution in [1.82, 2.24) is 0 Å². The molecular formula is C12H22. The molecule has 0 saturated carbocycles. The third-order valence-corrected chi connectivity index (χ3v) is 3.05. The van der Waals surface area contributed by atoms with E-state index in [0.29, 0.717) is 5.41 Å². The van der Waals surface area contributed by atoms with E-state index in [2.05, 4.69) is 26.0 Å². The molecule has 0 aliphatic heterocycles. The second kappa shape index (κ2) is 4.69. The maximum absolute atomic E-state index is 2.46. The van der Waals surface area contributed by atoms with E-state index in [-0.39, 0.29) is 0 Å². The molecule has 0 saturated heterocycles. The second-order valence-corrected chi connectivity index (χ2v) is 4.18. The SMILES string of the molecule is CCCCC1(CCCC)C=CC1. The summed E-state index contributed by atoms with van der Waals surface area (Å²) in [6.07, 6.45) is 14.5. The van der Waals surface area contributed by atoms with Crippen molar-refractivity contribution in [3.8, 4) is 0 Å². The molecular weight excluding hydrogens is 144 g/mol. The van der Waals surface area contributed by atoms with E-state index in [9.17, 15) is 0 Å². The highest BCUT2D eigenvalue weighted by atomic mass is 14.3. The molecule has 0 heteroatoms. The predicted molar refractivity (Wildman–Crippen MR) is 55.2 cm³/mol. The lowest BCUT2D eigenvalue weighted by Crippen LogP contribution is -2.23. The van der Waals surface area contributed by atoms with Crippen LogP contribution in [0.5, 0.6) is 0 Å². The molecule has 0 unspecified atom stereocenters. The summed E-state index contributed by atoms with van der Waals surface area (Å²) in [6, 6.07) is 0. The fourth-order valence-electron chi connectivity index (χ4n) is 2.00. The molecule has 1 aliphatic carbocycles.